The number of carbonyl (C=O) groups is 2. The van der Waals surface area contributed by atoms with Crippen molar-refractivity contribution in [1.82, 2.24) is 5.32 Å². The van der Waals surface area contributed by atoms with Gasteiger partial charge >= 0.3 is 5.97 Å². The molecule has 1 heterocycles. The second-order valence-electron chi connectivity index (χ2n) is 6.23. The SMILES string of the molecule is COC(=O)c1c(NC(=S)NC(=O)/C=C/c2ccc(Cl)cc2)sc2c1CCCC2. The number of anilines is 1. The first-order valence-electron chi connectivity index (χ1n) is 8.76. The van der Waals surface area contributed by atoms with Crippen molar-refractivity contribution < 1.29 is 14.3 Å². The Morgan fingerprint density at radius 1 is 1.21 bits per heavy atom. The van der Waals surface area contributed by atoms with Crippen LogP contribution in [0.2, 0.25) is 5.02 Å². The molecule has 0 atom stereocenters. The van der Waals surface area contributed by atoms with Crippen LogP contribution in [0.5, 0.6) is 0 Å². The summed E-state index contributed by atoms with van der Waals surface area (Å²) >= 11 is 12.6. The molecule has 0 unspecified atom stereocenters. The van der Waals surface area contributed by atoms with Crippen LogP contribution in [0.4, 0.5) is 5.00 Å². The molecular weight excluding hydrogens is 416 g/mol. The number of fused-ring (bicyclic) bond motifs is 1. The summed E-state index contributed by atoms with van der Waals surface area (Å²) in [6, 6.07) is 7.11. The maximum absolute atomic E-state index is 12.2. The Kier molecular flexibility index (Phi) is 6.83. The van der Waals surface area contributed by atoms with Gasteiger partial charge in [-0.2, -0.15) is 0 Å². The molecule has 0 saturated carbocycles. The number of aryl methyl sites for hydroxylation is 1. The molecule has 2 aromatic rings. The van der Waals surface area contributed by atoms with Crippen molar-refractivity contribution in [2.24, 2.45) is 0 Å². The van der Waals surface area contributed by atoms with Crippen LogP contribution in [0, 0.1) is 0 Å². The molecule has 28 heavy (non-hydrogen) atoms. The molecule has 5 nitrogen and oxygen atoms in total. The molecule has 0 aliphatic heterocycles. The second kappa shape index (κ2) is 9.32. The van der Waals surface area contributed by atoms with Crippen molar-refractivity contribution in [2.45, 2.75) is 25.7 Å². The van der Waals surface area contributed by atoms with E-state index in [0.29, 0.717) is 15.6 Å². The fraction of sp³-hybridized carbons (Fsp3) is 0.250. The summed E-state index contributed by atoms with van der Waals surface area (Å²) in [6.45, 7) is 0. The highest BCUT2D eigenvalue weighted by molar-refractivity contribution is 7.80. The number of thiocarbonyl (C=S) groups is 1. The third-order valence-corrected chi connectivity index (χ3v) is 5.99. The number of thiophene rings is 1. The Morgan fingerprint density at radius 3 is 2.64 bits per heavy atom. The van der Waals surface area contributed by atoms with E-state index >= 15 is 0 Å². The van der Waals surface area contributed by atoms with E-state index in [1.807, 2.05) is 12.1 Å². The minimum Gasteiger partial charge on any atom is -0.465 e. The highest BCUT2D eigenvalue weighted by Gasteiger charge is 2.26. The Labute approximate surface area is 177 Å². The number of methoxy groups -OCH3 is 1. The average Bonchev–Trinajstić information content (AvgIpc) is 3.04. The van der Waals surface area contributed by atoms with Crippen LogP contribution in [0.3, 0.4) is 0 Å². The Morgan fingerprint density at radius 2 is 1.93 bits per heavy atom. The van der Waals surface area contributed by atoms with Gasteiger partial charge in [0.25, 0.3) is 0 Å². The largest absolute Gasteiger partial charge is 0.465 e. The van der Waals surface area contributed by atoms with Gasteiger partial charge in [-0.05, 0) is 67.2 Å². The minimum atomic E-state index is -0.390. The lowest BCUT2D eigenvalue weighted by molar-refractivity contribution is -0.115. The van der Waals surface area contributed by atoms with E-state index in [1.54, 1.807) is 18.2 Å². The zero-order valence-corrected chi connectivity index (χ0v) is 17.6. The van der Waals surface area contributed by atoms with Crippen LogP contribution >= 0.6 is 35.2 Å². The summed E-state index contributed by atoms with van der Waals surface area (Å²) in [7, 11) is 1.36. The van der Waals surface area contributed by atoms with Gasteiger partial charge in [-0.25, -0.2) is 4.79 Å². The molecule has 1 aliphatic carbocycles. The topological polar surface area (TPSA) is 67.4 Å². The molecule has 3 rings (SSSR count). The molecule has 8 heteroatoms. The molecule has 0 fully saturated rings. The zero-order chi connectivity index (χ0) is 20.1. The first-order valence-corrected chi connectivity index (χ1v) is 10.4. The van der Waals surface area contributed by atoms with Gasteiger partial charge in [0.15, 0.2) is 5.11 Å². The summed E-state index contributed by atoms with van der Waals surface area (Å²) in [4.78, 5) is 25.5. The standard InChI is InChI=1S/C20H19ClN2O3S2/c1-26-19(25)17-14-4-2-3-5-15(14)28-18(17)23-20(27)22-16(24)11-8-12-6-9-13(21)10-7-12/h6-11H,2-5H2,1H3,(H2,22,23,24,27)/b11-8+. The van der Waals surface area contributed by atoms with E-state index < -0.39 is 5.97 Å². The Balaban J connectivity index is 1.67. The smallest absolute Gasteiger partial charge is 0.341 e. The third kappa shape index (κ3) is 4.98. The van der Waals surface area contributed by atoms with E-state index in [2.05, 4.69) is 10.6 Å². The fourth-order valence-corrected chi connectivity index (χ4v) is 4.68. The normalized spacial score (nSPS) is 13.1. The van der Waals surface area contributed by atoms with Crippen LogP contribution in [-0.2, 0) is 22.4 Å². The molecule has 1 aromatic carbocycles. The van der Waals surface area contributed by atoms with Gasteiger partial charge in [-0.3, -0.25) is 10.1 Å². The molecule has 1 aromatic heterocycles. The monoisotopic (exact) mass is 434 g/mol. The molecule has 0 saturated heterocycles. The predicted octanol–water partition coefficient (Wildman–Crippen LogP) is 4.59. The molecule has 0 bridgehead atoms. The van der Waals surface area contributed by atoms with Crippen molar-refractivity contribution >= 4 is 63.2 Å². The van der Waals surface area contributed by atoms with Gasteiger partial charge in [0.1, 0.15) is 5.00 Å². The highest BCUT2D eigenvalue weighted by atomic mass is 35.5. The van der Waals surface area contributed by atoms with Crippen LogP contribution < -0.4 is 10.6 Å². The number of carbonyl (C=O) groups excluding carboxylic acids is 2. The average molecular weight is 435 g/mol. The predicted molar refractivity (Wildman–Crippen MR) is 117 cm³/mol. The van der Waals surface area contributed by atoms with Crippen molar-refractivity contribution in [3.8, 4) is 0 Å². The fourth-order valence-electron chi connectivity index (χ4n) is 3.01. The first kappa shape index (κ1) is 20.5. The molecule has 0 radical (unpaired) electrons. The summed E-state index contributed by atoms with van der Waals surface area (Å²) in [5, 5.41) is 6.96. The number of amides is 1. The highest BCUT2D eigenvalue weighted by Crippen LogP contribution is 2.38. The molecule has 1 aliphatic rings. The van der Waals surface area contributed by atoms with E-state index in [1.165, 1.54) is 29.4 Å². The first-order chi connectivity index (χ1) is 13.5. The van der Waals surface area contributed by atoms with Gasteiger partial charge in [-0.1, -0.05) is 23.7 Å². The molecular formula is C20H19ClN2O3S2. The van der Waals surface area contributed by atoms with Crippen LogP contribution in [-0.4, -0.2) is 24.1 Å². The zero-order valence-electron chi connectivity index (χ0n) is 15.2. The lowest BCUT2D eigenvalue weighted by atomic mass is 9.95. The minimum absolute atomic E-state index is 0.134. The maximum Gasteiger partial charge on any atom is 0.341 e. The number of hydrogen-bond donors (Lipinski definition) is 2. The maximum atomic E-state index is 12.2. The summed E-state index contributed by atoms with van der Waals surface area (Å²) < 4.78 is 4.94. The van der Waals surface area contributed by atoms with Gasteiger partial charge in [-0.15, -0.1) is 11.3 Å². The third-order valence-electron chi connectivity index (χ3n) is 4.32. The van der Waals surface area contributed by atoms with E-state index in [-0.39, 0.29) is 11.0 Å². The van der Waals surface area contributed by atoms with E-state index in [9.17, 15) is 9.59 Å². The van der Waals surface area contributed by atoms with Gasteiger partial charge < -0.3 is 10.1 Å². The van der Waals surface area contributed by atoms with E-state index in [0.717, 1.165) is 36.8 Å². The van der Waals surface area contributed by atoms with Gasteiger partial charge in [0.05, 0.1) is 12.7 Å². The van der Waals surface area contributed by atoms with Crippen molar-refractivity contribution in [2.75, 3.05) is 12.4 Å². The van der Waals surface area contributed by atoms with Crippen molar-refractivity contribution in [3.05, 3.63) is 56.9 Å². The number of rotatable bonds is 4. The van der Waals surface area contributed by atoms with Crippen LogP contribution in [0.15, 0.2) is 30.3 Å². The van der Waals surface area contributed by atoms with Gasteiger partial charge in [0.2, 0.25) is 5.91 Å². The molecule has 146 valence electrons. The lowest BCUT2D eigenvalue weighted by Crippen LogP contribution is -2.33. The molecule has 1 amide bonds. The van der Waals surface area contributed by atoms with Crippen molar-refractivity contribution in [1.29, 1.82) is 0 Å². The van der Waals surface area contributed by atoms with Crippen molar-refractivity contribution in [3.63, 3.8) is 0 Å². The van der Waals surface area contributed by atoms with Crippen LogP contribution in [0.25, 0.3) is 6.08 Å². The number of halogens is 1. The number of esters is 1. The number of benzene rings is 1. The number of nitrogens with one attached hydrogen (secondary N) is 2. The summed E-state index contributed by atoms with van der Waals surface area (Å²) in [6.07, 6.45) is 6.99. The summed E-state index contributed by atoms with van der Waals surface area (Å²) in [5.41, 5.74) is 2.40. The van der Waals surface area contributed by atoms with Gasteiger partial charge in [0, 0.05) is 16.0 Å². The lowest BCUT2D eigenvalue weighted by Gasteiger charge is -2.12. The summed E-state index contributed by atoms with van der Waals surface area (Å²) in [5.74, 6) is -0.757. The Bertz CT molecular complexity index is 936. The van der Waals surface area contributed by atoms with Crippen LogP contribution in [0.1, 0.15) is 39.2 Å². The molecule has 0 spiro atoms. The quantitative estimate of drug-likeness (QED) is 0.418. The van der Waals surface area contributed by atoms with E-state index in [4.69, 9.17) is 28.6 Å². The number of ether oxygens (including phenoxy) is 1. The second-order valence-corrected chi connectivity index (χ2v) is 8.18. The Hall–Kier alpha value is -2.22. The number of hydrogen-bond acceptors (Lipinski definition) is 5. The molecule has 2 N–H and O–H groups in total.